The van der Waals surface area contributed by atoms with Gasteiger partial charge in [0.25, 0.3) is 5.69 Å². The van der Waals surface area contributed by atoms with Crippen molar-refractivity contribution in [3.05, 3.63) is 32.3 Å². The maximum atomic E-state index is 11.8. The summed E-state index contributed by atoms with van der Waals surface area (Å²) in [5.74, 6) is -0.817. The third-order valence-corrected chi connectivity index (χ3v) is 3.29. The summed E-state index contributed by atoms with van der Waals surface area (Å²) in [7, 11) is 0. The van der Waals surface area contributed by atoms with Crippen LogP contribution in [0.1, 0.15) is 19.3 Å². The molecule has 1 aromatic rings. The van der Waals surface area contributed by atoms with E-state index in [-0.39, 0.29) is 34.3 Å². The van der Waals surface area contributed by atoms with Gasteiger partial charge in [-0.15, -0.1) is 0 Å². The van der Waals surface area contributed by atoms with E-state index in [0.29, 0.717) is 6.42 Å². The van der Waals surface area contributed by atoms with Crippen molar-refractivity contribution >= 4 is 46.4 Å². The average molecular weight is 303 g/mol. The zero-order chi connectivity index (χ0) is 14.2. The molecule has 6 nitrogen and oxygen atoms in total. The molecule has 1 aliphatic rings. The number of imide groups is 1. The molecule has 0 atom stereocenters. The maximum Gasteiger partial charge on any atom is 0.272 e. The Kier molecular flexibility index (Phi) is 3.73. The largest absolute Gasteiger partial charge is 0.274 e. The zero-order valence-electron chi connectivity index (χ0n) is 9.56. The van der Waals surface area contributed by atoms with Crippen LogP contribution >= 0.6 is 23.2 Å². The number of nitrogens with zero attached hydrogens (tertiary/aromatic N) is 2. The number of hydrogen-bond donors (Lipinski definition) is 0. The number of benzene rings is 1. The summed E-state index contributed by atoms with van der Waals surface area (Å²) >= 11 is 11.8. The number of nitro benzene ring substituents is 1. The van der Waals surface area contributed by atoms with Crippen molar-refractivity contribution in [2.45, 2.75) is 19.3 Å². The van der Waals surface area contributed by atoms with Gasteiger partial charge in [-0.2, -0.15) is 0 Å². The first kappa shape index (κ1) is 13.8. The molecule has 0 aliphatic carbocycles. The Morgan fingerprint density at radius 2 is 1.58 bits per heavy atom. The normalized spacial score (nSPS) is 15.8. The Bertz CT molecular complexity index is 549. The fourth-order valence-corrected chi connectivity index (χ4v) is 2.52. The van der Waals surface area contributed by atoms with Crippen molar-refractivity contribution in [2.24, 2.45) is 0 Å². The highest BCUT2D eigenvalue weighted by Crippen LogP contribution is 2.39. The quantitative estimate of drug-likeness (QED) is 0.478. The number of carbonyl (C=O) groups is 2. The lowest BCUT2D eigenvalue weighted by molar-refractivity contribution is -0.384. The van der Waals surface area contributed by atoms with E-state index in [9.17, 15) is 19.7 Å². The number of halogens is 2. The van der Waals surface area contributed by atoms with Crippen LogP contribution < -0.4 is 4.90 Å². The molecular formula is C11H8Cl2N2O4. The molecule has 0 unspecified atom stereocenters. The second-order valence-corrected chi connectivity index (χ2v) is 4.81. The summed E-state index contributed by atoms with van der Waals surface area (Å²) in [5, 5.41) is 10.5. The van der Waals surface area contributed by atoms with Gasteiger partial charge < -0.3 is 0 Å². The molecule has 1 saturated heterocycles. The van der Waals surface area contributed by atoms with Crippen LogP contribution in [0.15, 0.2) is 12.1 Å². The summed E-state index contributed by atoms with van der Waals surface area (Å²) in [6, 6.07) is 2.13. The van der Waals surface area contributed by atoms with Crippen molar-refractivity contribution in [3.8, 4) is 0 Å². The SMILES string of the molecule is O=C1CCCC(=O)N1c1c(Cl)cc([N+](=O)[O-])cc1Cl. The number of anilines is 1. The molecule has 100 valence electrons. The predicted molar refractivity (Wildman–Crippen MR) is 69.5 cm³/mol. The predicted octanol–water partition coefficient (Wildman–Crippen LogP) is 2.95. The van der Waals surface area contributed by atoms with Crippen LogP contribution in [0.4, 0.5) is 11.4 Å². The molecule has 0 aromatic heterocycles. The van der Waals surface area contributed by atoms with Gasteiger partial charge >= 0.3 is 0 Å². The smallest absolute Gasteiger partial charge is 0.272 e. The highest BCUT2D eigenvalue weighted by molar-refractivity contribution is 6.41. The molecule has 1 aliphatic heterocycles. The van der Waals surface area contributed by atoms with Crippen molar-refractivity contribution in [2.75, 3.05) is 4.90 Å². The second kappa shape index (κ2) is 5.14. The van der Waals surface area contributed by atoms with Gasteiger partial charge in [0.05, 0.1) is 20.7 Å². The van der Waals surface area contributed by atoms with Gasteiger partial charge in [-0.1, -0.05) is 23.2 Å². The minimum Gasteiger partial charge on any atom is -0.274 e. The Balaban J connectivity index is 2.53. The molecule has 0 N–H and O–H groups in total. The summed E-state index contributed by atoms with van der Waals surface area (Å²) in [4.78, 5) is 34.5. The Labute approximate surface area is 118 Å². The van der Waals surface area contributed by atoms with Crippen molar-refractivity contribution in [1.82, 2.24) is 0 Å². The molecule has 1 heterocycles. The lowest BCUT2D eigenvalue weighted by Gasteiger charge is -2.26. The van der Waals surface area contributed by atoms with Gasteiger partial charge in [-0.3, -0.25) is 19.7 Å². The van der Waals surface area contributed by atoms with E-state index >= 15 is 0 Å². The fourth-order valence-electron chi connectivity index (χ4n) is 1.87. The number of piperidine rings is 1. The molecule has 1 aromatic carbocycles. The molecule has 19 heavy (non-hydrogen) atoms. The molecule has 0 saturated carbocycles. The van der Waals surface area contributed by atoms with Crippen molar-refractivity contribution in [1.29, 1.82) is 0 Å². The summed E-state index contributed by atoms with van der Waals surface area (Å²) in [6.07, 6.45) is 0.918. The molecule has 0 spiro atoms. The summed E-state index contributed by atoms with van der Waals surface area (Å²) in [6.45, 7) is 0. The van der Waals surface area contributed by atoms with Gasteiger partial charge in [-0.25, -0.2) is 4.90 Å². The molecule has 0 radical (unpaired) electrons. The highest BCUT2D eigenvalue weighted by Gasteiger charge is 2.31. The van der Waals surface area contributed by atoms with Crippen LogP contribution in [0.5, 0.6) is 0 Å². The highest BCUT2D eigenvalue weighted by atomic mass is 35.5. The fraction of sp³-hybridized carbons (Fsp3) is 0.273. The lowest BCUT2D eigenvalue weighted by Crippen LogP contribution is -2.40. The van der Waals surface area contributed by atoms with Crippen LogP contribution in [0.25, 0.3) is 0 Å². The van der Waals surface area contributed by atoms with Crippen LogP contribution in [0.2, 0.25) is 10.0 Å². The van der Waals surface area contributed by atoms with Crippen molar-refractivity contribution in [3.63, 3.8) is 0 Å². The van der Waals surface area contributed by atoms with Gasteiger partial charge in [-0.05, 0) is 6.42 Å². The third kappa shape index (κ3) is 2.54. The molecule has 8 heteroatoms. The number of hydrogen-bond acceptors (Lipinski definition) is 4. The minimum absolute atomic E-state index is 0.0173. The average Bonchev–Trinajstić information content (AvgIpc) is 2.31. The van der Waals surface area contributed by atoms with Gasteiger partial charge in [0.15, 0.2) is 0 Å². The third-order valence-electron chi connectivity index (χ3n) is 2.72. The molecule has 0 bridgehead atoms. The number of nitro groups is 1. The monoisotopic (exact) mass is 302 g/mol. The van der Waals surface area contributed by atoms with E-state index in [2.05, 4.69) is 0 Å². The van der Waals surface area contributed by atoms with Crippen LogP contribution in [-0.2, 0) is 9.59 Å². The van der Waals surface area contributed by atoms with E-state index in [0.717, 1.165) is 17.0 Å². The van der Waals surface area contributed by atoms with Gasteiger partial charge in [0.1, 0.15) is 0 Å². The Hall–Kier alpha value is -1.66. The first-order chi connectivity index (χ1) is 8.91. The van der Waals surface area contributed by atoms with Crippen LogP contribution in [-0.4, -0.2) is 16.7 Å². The molecular weight excluding hydrogens is 295 g/mol. The zero-order valence-corrected chi connectivity index (χ0v) is 11.1. The van der Waals surface area contributed by atoms with E-state index in [1.54, 1.807) is 0 Å². The number of carbonyl (C=O) groups excluding carboxylic acids is 2. The molecule has 2 amide bonds. The summed E-state index contributed by atoms with van der Waals surface area (Å²) < 4.78 is 0. The first-order valence-electron chi connectivity index (χ1n) is 5.41. The van der Waals surface area contributed by atoms with E-state index in [1.165, 1.54) is 0 Å². The number of amides is 2. The molecule has 1 fully saturated rings. The summed E-state index contributed by atoms with van der Waals surface area (Å²) in [5.41, 5.74) is -0.278. The van der Waals surface area contributed by atoms with Crippen LogP contribution in [0, 0.1) is 10.1 Å². The van der Waals surface area contributed by atoms with E-state index in [4.69, 9.17) is 23.2 Å². The second-order valence-electron chi connectivity index (χ2n) is 3.99. The number of rotatable bonds is 2. The standard InChI is InChI=1S/C11H8Cl2N2O4/c12-7-4-6(15(18)19)5-8(13)11(7)14-9(16)2-1-3-10(14)17/h4-5H,1-3H2. The number of non-ortho nitro benzene ring substituents is 1. The Morgan fingerprint density at radius 3 is 2.00 bits per heavy atom. The molecule has 2 rings (SSSR count). The van der Waals surface area contributed by atoms with Crippen molar-refractivity contribution < 1.29 is 14.5 Å². The van der Waals surface area contributed by atoms with Crippen LogP contribution in [0.3, 0.4) is 0 Å². The Morgan fingerprint density at radius 1 is 1.11 bits per heavy atom. The van der Waals surface area contributed by atoms with Gasteiger partial charge in [0.2, 0.25) is 11.8 Å². The topological polar surface area (TPSA) is 80.5 Å². The van der Waals surface area contributed by atoms with Gasteiger partial charge in [0, 0.05) is 25.0 Å². The first-order valence-corrected chi connectivity index (χ1v) is 6.16. The minimum atomic E-state index is -0.651. The van der Waals surface area contributed by atoms with E-state index in [1.807, 2.05) is 0 Å². The van der Waals surface area contributed by atoms with E-state index < -0.39 is 16.7 Å². The lowest BCUT2D eigenvalue weighted by atomic mass is 10.1. The maximum absolute atomic E-state index is 11.8.